The van der Waals surface area contributed by atoms with Crippen molar-refractivity contribution in [2.24, 2.45) is 5.92 Å². The summed E-state index contributed by atoms with van der Waals surface area (Å²) in [5.41, 5.74) is 4.36. The van der Waals surface area contributed by atoms with Crippen LogP contribution in [0.15, 0.2) is 24.5 Å². The second-order valence-corrected chi connectivity index (χ2v) is 7.40. The number of aromatic nitrogens is 2. The number of ether oxygens (including phenoxy) is 1. The lowest BCUT2D eigenvalue weighted by Gasteiger charge is -2.45. The Morgan fingerprint density at radius 2 is 2.22 bits per heavy atom. The molecule has 4 heterocycles. The van der Waals surface area contributed by atoms with Crippen molar-refractivity contribution in [1.82, 2.24) is 14.9 Å². The highest BCUT2D eigenvalue weighted by atomic mass is 35.5. The number of hydrogen-bond donors (Lipinski definition) is 1. The van der Waals surface area contributed by atoms with Gasteiger partial charge in [0.1, 0.15) is 0 Å². The van der Waals surface area contributed by atoms with Crippen molar-refractivity contribution < 1.29 is 14.6 Å². The number of amides is 1. The Kier molecular flexibility index (Phi) is 4.65. The van der Waals surface area contributed by atoms with E-state index in [4.69, 9.17) is 16.3 Å². The van der Waals surface area contributed by atoms with Gasteiger partial charge in [0, 0.05) is 37.9 Å². The molecule has 1 atom stereocenters. The maximum absolute atomic E-state index is 11.9. The second kappa shape index (κ2) is 6.98. The second-order valence-electron chi connectivity index (χ2n) is 7.02. The number of carbonyl (C=O) groups is 1. The van der Waals surface area contributed by atoms with E-state index in [0.717, 1.165) is 35.6 Å². The van der Waals surface area contributed by atoms with Crippen molar-refractivity contribution in [2.75, 3.05) is 25.1 Å². The van der Waals surface area contributed by atoms with Gasteiger partial charge in [-0.05, 0) is 24.6 Å². The standard InChI is InChI=1S/C19H21ClN4O3/c1-11-16-14(22-15(10-27-2)17(11)20)9-24(19(25)26)18(16)12-7-23(8-12)13-4-3-5-21-6-13/h3-6,12,18H,7-10H2,1-2H3,(H,25,26). The van der Waals surface area contributed by atoms with Gasteiger partial charge in [0.05, 0.1) is 47.5 Å². The maximum atomic E-state index is 11.9. The van der Waals surface area contributed by atoms with Gasteiger partial charge in [0.15, 0.2) is 0 Å². The number of methoxy groups -OCH3 is 1. The van der Waals surface area contributed by atoms with Crippen molar-refractivity contribution in [3.05, 3.63) is 52.1 Å². The molecule has 0 bridgehead atoms. The molecular formula is C19H21ClN4O3. The van der Waals surface area contributed by atoms with Crippen molar-refractivity contribution in [2.45, 2.75) is 26.1 Å². The molecule has 0 saturated carbocycles. The van der Waals surface area contributed by atoms with Crippen molar-refractivity contribution in [3.8, 4) is 0 Å². The highest BCUT2D eigenvalue weighted by molar-refractivity contribution is 6.32. The van der Waals surface area contributed by atoms with E-state index >= 15 is 0 Å². The Balaban J connectivity index is 1.65. The lowest BCUT2D eigenvalue weighted by atomic mass is 9.85. The molecule has 2 aliphatic rings. The highest BCUT2D eigenvalue weighted by Crippen LogP contribution is 2.45. The van der Waals surface area contributed by atoms with Crippen LogP contribution in [0.5, 0.6) is 0 Å². The van der Waals surface area contributed by atoms with E-state index in [1.165, 1.54) is 4.90 Å². The summed E-state index contributed by atoms with van der Waals surface area (Å²) in [6.45, 7) is 4.08. The van der Waals surface area contributed by atoms with E-state index < -0.39 is 6.09 Å². The topological polar surface area (TPSA) is 78.8 Å². The number of anilines is 1. The Morgan fingerprint density at radius 1 is 1.44 bits per heavy atom. The van der Waals surface area contributed by atoms with Crippen molar-refractivity contribution in [1.29, 1.82) is 0 Å². The summed E-state index contributed by atoms with van der Waals surface area (Å²) in [6, 6.07) is 3.69. The van der Waals surface area contributed by atoms with Crippen LogP contribution in [0.1, 0.15) is 28.6 Å². The molecule has 0 spiro atoms. The van der Waals surface area contributed by atoms with Crippen LogP contribution in [0.3, 0.4) is 0 Å². The molecule has 27 heavy (non-hydrogen) atoms. The van der Waals surface area contributed by atoms with Gasteiger partial charge in [-0.3, -0.25) is 14.9 Å². The van der Waals surface area contributed by atoms with Crippen LogP contribution in [0.4, 0.5) is 10.5 Å². The Bertz CT molecular complexity index is 871. The molecule has 2 aromatic heterocycles. The van der Waals surface area contributed by atoms with Crippen LogP contribution in [0.25, 0.3) is 0 Å². The molecule has 1 fully saturated rings. The van der Waals surface area contributed by atoms with Crippen LogP contribution < -0.4 is 4.90 Å². The van der Waals surface area contributed by atoms with E-state index in [1.54, 1.807) is 13.3 Å². The summed E-state index contributed by atoms with van der Waals surface area (Å²) >= 11 is 6.51. The Morgan fingerprint density at radius 3 is 2.85 bits per heavy atom. The molecule has 4 rings (SSSR count). The van der Waals surface area contributed by atoms with Crippen LogP contribution in [0, 0.1) is 12.8 Å². The lowest BCUT2D eigenvalue weighted by molar-refractivity contribution is 0.102. The van der Waals surface area contributed by atoms with E-state index in [1.807, 2.05) is 25.3 Å². The zero-order valence-corrected chi connectivity index (χ0v) is 16.0. The fourth-order valence-corrected chi connectivity index (χ4v) is 4.32. The molecule has 2 aliphatic heterocycles. The molecule has 1 saturated heterocycles. The van der Waals surface area contributed by atoms with Gasteiger partial charge in [0.25, 0.3) is 0 Å². The summed E-state index contributed by atoms with van der Waals surface area (Å²) in [5, 5.41) is 10.3. The minimum absolute atomic E-state index is 0.187. The molecule has 7 nitrogen and oxygen atoms in total. The zero-order chi connectivity index (χ0) is 19.1. The first-order valence-corrected chi connectivity index (χ1v) is 9.20. The van der Waals surface area contributed by atoms with Gasteiger partial charge in [-0.25, -0.2) is 4.79 Å². The fourth-order valence-electron chi connectivity index (χ4n) is 4.13. The number of fused-ring (bicyclic) bond motifs is 1. The van der Waals surface area contributed by atoms with Crippen LogP contribution in [-0.2, 0) is 17.9 Å². The van der Waals surface area contributed by atoms with Crippen molar-refractivity contribution in [3.63, 3.8) is 0 Å². The Labute approximate surface area is 162 Å². The molecular weight excluding hydrogens is 368 g/mol. The third kappa shape index (κ3) is 3.00. The van der Waals surface area contributed by atoms with E-state index in [-0.39, 0.29) is 18.5 Å². The Hall–Kier alpha value is -2.38. The van der Waals surface area contributed by atoms with Gasteiger partial charge in [-0.15, -0.1) is 0 Å². The SMILES string of the molecule is COCc1nc2c(c(C)c1Cl)C(C1CN(c3cccnc3)C1)N(C(=O)O)C2. The number of carboxylic acid groups (broad SMARTS) is 1. The van der Waals surface area contributed by atoms with Gasteiger partial charge < -0.3 is 14.7 Å². The quantitative estimate of drug-likeness (QED) is 0.866. The molecule has 142 valence electrons. The lowest BCUT2D eigenvalue weighted by Crippen LogP contribution is -2.52. The minimum atomic E-state index is -0.929. The molecule has 1 unspecified atom stereocenters. The number of halogens is 1. The van der Waals surface area contributed by atoms with Gasteiger partial charge in [-0.1, -0.05) is 11.6 Å². The average Bonchev–Trinajstić information content (AvgIpc) is 2.99. The van der Waals surface area contributed by atoms with Crippen LogP contribution in [0.2, 0.25) is 5.02 Å². The third-order valence-corrected chi connectivity index (χ3v) is 5.91. The van der Waals surface area contributed by atoms with Crippen molar-refractivity contribution >= 4 is 23.4 Å². The van der Waals surface area contributed by atoms with E-state index in [9.17, 15) is 9.90 Å². The number of rotatable bonds is 4. The first-order valence-electron chi connectivity index (χ1n) is 8.82. The largest absolute Gasteiger partial charge is 0.465 e. The van der Waals surface area contributed by atoms with E-state index in [0.29, 0.717) is 17.3 Å². The zero-order valence-electron chi connectivity index (χ0n) is 15.2. The molecule has 0 aromatic carbocycles. The average molecular weight is 389 g/mol. The third-order valence-electron chi connectivity index (χ3n) is 5.41. The summed E-state index contributed by atoms with van der Waals surface area (Å²) in [6.07, 6.45) is 2.64. The maximum Gasteiger partial charge on any atom is 0.408 e. The molecule has 2 aromatic rings. The normalized spacial score (nSPS) is 19.1. The van der Waals surface area contributed by atoms with Gasteiger partial charge in [0.2, 0.25) is 0 Å². The van der Waals surface area contributed by atoms with Gasteiger partial charge in [-0.2, -0.15) is 0 Å². The van der Waals surface area contributed by atoms with Gasteiger partial charge >= 0.3 is 6.09 Å². The molecule has 0 radical (unpaired) electrons. The summed E-state index contributed by atoms with van der Waals surface area (Å²) in [5.74, 6) is 0.187. The highest BCUT2D eigenvalue weighted by Gasteiger charge is 2.46. The molecule has 0 aliphatic carbocycles. The smallest absolute Gasteiger partial charge is 0.408 e. The molecule has 1 amide bonds. The molecule has 1 N–H and O–H groups in total. The number of pyridine rings is 2. The summed E-state index contributed by atoms with van der Waals surface area (Å²) < 4.78 is 5.18. The monoisotopic (exact) mass is 388 g/mol. The van der Waals surface area contributed by atoms with Crippen LogP contribution >= 0.6 is 11.6 Å². The first-order chi connectivity index (χ1) is 13.0. The number of nitrogens with zero attached hydrogens (tertiary/aromatic N) is 4. The molecule has 8 heteroatoms. The number of hydrogen-bond acceptors (Lipinski definition) is 5. The fraction of sp³-hybridized carbons (Fsp3) is 0.421. The predicted molar refractivity (Wildman–Crippen MR) is 101 cm³/mol. The first kappa shape index (κ1) is 18.0. The minimum Gasteiger partial charge on any atom is -0.465 e. The van der Waals surface area contributed by atoms with Crippen LogP contribution in [-0.4, -0.2) is 46.3 Å². The summed E-state index contributed by atoms with van der Waals surface area (Å²) in [4.78, 5) is 24.4. The predicted octanol–water partition coefficient (Wildman–Crippen LogP) is 3.26. The van der Waals surface area contributed by atoms with E-state index in [2.05, 4.69) is 14.9 Å². The summed E-state index contributed by atoms with van der Waals surface area (Å²) in [7, 11) is 1.59.